The molecule has 0 N–H and O–H groups in total. The molecule has 1 unspecified atom stereocenters. The van der Waals surface area contributed by atoms with Gasteiger partial charge >= 0.3 is 6.17 Å². The van der Waals surface area contributed by atoms with Crippen LogP contribution >= 0.6 is 11.8 Å². The third-order valence-corrected chi connectivity index (χ3v) is 5.40. The molecule has 1 aromatic carbocycles. The quantitative estimate of drug-likeness (QED) is 0.368. The van der Waals surface area contributed by atoms with E-state index in [0.717, 1.165) is 0 Å². The normalized spacial score (nSPS) is 14.8. The summed E-state index contributed by atoms with van der Waals surface area (Å²) in [4.78, 5) is 23.3. The SMILES string of the molecule is C=CCSc1nc([O-])c2[n+](n1)C(c1ccccn1)N(C(=O)CC)c1ccccc1-2. The number of nitrogens with zero attached hydrogens (tertiary/aromatic N) is 5. The van der Waals surface area contributed by atoms with Gasteiger partial charge in [0.05, 0.1) is 17.1 Å². The van der Waals surface area contributed by atoms with E-state index in [-0.39, 0.29) is 11.8 Å². The average Bonchev–Trinajstić information content (AvgIpc) is 2.76. The van der Waals surface area contributed by atoms with Gasteiger partial charge in [-0.1, -0.05) is 47.6 Å². The molecule has 0 aliphatic carbocycles. The highest BCUT2D eigenvalue weighted by Gasteiger charge is 2.45. The van der Waals surface area contributed by atoms with Gasteiger partial charge in [0.2, 0.25) is 5.91 Å². The maximum Gasteiger partial charge on any atom is 0.309 e. The number of carbonyl (C=O) groups excluding carboxylic acids is 1. The molecule has 1 aliphatic rings. The van der Waals surface area contributed by atoms with E-state index < -0.39 is 6.17 Å². The highest BCUT2D eigenvalue weighted by atomic mass is 32.2. The lowest BCUT2D eigenvalue weighted by atomic mass is 10.0. The van der Waals surface area contributed by atoms with Crippen LogP contribution in [0.15, 0.2) is 66.5 Å². The number of fused-ring (bicyclic) bond motifs is 3. The van der Waals surface area contributed by atoms with Crippen molar-refractivity contribution in [3.05, 3.63) is 67.0 Å². The fourth-order valence-electron chi connectivity index (χ4n) is 3.36. The third-order valence-electron chi connectivity index (χ3n) is 4.57. The van der Waals surface area contributed by atoms with E-state index >= 15 is 0 Å². The molecule has 8 heteroatoms. The molecule has 0 spiro atoms. The summed E-state index contributed by atoms with van der Waals surface area (Å²) in [5.74, 6) is 0.0995. The largest absolute Gasteiger partial charge is 0.854 e. The first kappa shape index (κ1) is 19.1. The van der Waals surface area contributed by atoms with Gasteiger partial charge in [0.25, 0.3) is 10.9 Å². The number of benzene rings is 1. The zero-order valence-electron chi connectivity index (χ0n) is 15.9. The average molecular weight is 405 g/mol. The van der Waals surface area contributed by atoms with Crippen molar-refractivity contribution in [3.63, 3.8) is 0 Å². The van der Waals surface area contributed by atoms with Crippen molar-refractivity contribution in [2.75, 3.05) is 10.7 Å². The van der Waals surface area contributed by atoms with Crippen LogP contribution in [0, 0.1) is 0 Å². The van der Waals surface area contributed by atoms with Crippen LogP contribution in [0.4, 0.5) is 5.69 Å². The lowest BCUT2D eigenvalue weighted by Gasteiger charge is -2.32. The first-order chi connectivity index (χ1) is 14.2. The lowest BCUT2D eigenvalue weighted by Crippen LogP contribution is -2.59. The monoisotopic (exact) mass is 405 g/mol. The van der Waals surface area contributed by atoms with Crippen molar-refractivity contribution in [2.45, 2.75) is 24.7 Å². The first-order valence-corrected chi connectivity index (χ1v) is 10.2. The molecule has 0 saturated heterocycles. The number of rotatable bonds is 5. The summed E-state index contributed by atoms with van der Waals surface area (Å²) >= 11 is 1.32. The number of hydrogen-bond acceptors (Lipinski definition) is 6. The second kappa shape index (κ2) is 8.00. The molecule has 3 heterocycles. The van der Waals surface area contributed by atoms with Crippen LogP contribution in [0.5, 0.6) is 5.88 Å². The molecule has 0 bridgehead atoms. The molecular formula is C21H19N5O2S. The number of amides is 1. The Balaban J connectivity index is 2.02. The van der Waals surface area contributed by atoms with Gasteiger partial charge in [-0.15, -0.1) is 6.58 Å². The summed E-state index contributed by atoms with van der Waals surface area (Å²) in [6.07, 6.45) is 3.02. The number of aromatic nitrogens is 4. The highest BCUT2D eigenvalue weighted by molar-refractivity contribution is 7.99. The molecule has 0 fully saturated rings. The van der Waals surface area contributed by atoms with E-state index in [4.69, 9.17) is 0 Å². The Bertz CT molecular complexity index is 1070. The minimum atomic E-state index is -0.674. The number of anilines is 1. The van der Waals surface area contributed by atoms with Crippen LogP contribution in [0.3, 0.4) is 0 Å². The fraction of sp³-hybridized carbons (Fsp3) is 0.190. The van der Waals surface area contributed by atoms with Gasteiger partial charge in [-0.05, 0) is 24.3 Å². The van der Waals surface area contributed by atoms with Crippen molar-refractivity contribution in [1.82, 2.24) is 15.1 Å². The maximum absolute atomic E-state index is 13.0. The van der Waals surface area contributed by atoms with E-state index in [0.29, 0.717) is 40.0 Å². The van der Waals surface area contributed by atoms with Gasteiger partial charge in [0.1, 0.15) is 5.69 Å². The summed E-state index contributed by atoms with van der Waals surface area (Å²) in [5, 5.41) is 18.0. The zero-order chi connectivity index (χ0) is 20.4. The number of carbonyl (C=O) groups is 1. The molecule has 0 saturated carbocycles. The lowest BCUT2D eigenvalue weighted by molar-refractivity contribution is -0.764. The second-order valence-corrected chi connectivity index (χ2v) is 7.34. The Morgan fingerprint density at radius 1 is 1.31 bits per heavy atom. The van der Waals surface area contributed by atoms with Crippen molar-refractivity contribution in [1.29, 1.82) is 0 Å². The van der Waals surface area contributed by atoms with Gasteiger partial charge in [0, 0.05) is 23.5 Å². The maximum atomic E-state index is 13.0. The smallest absolute Gasteiger partial charge is 0.309 e. The molecule has 1 atom stereocenters. The molecular weight excluding hydrogens is 386 g/mol. The number of hydrogen-bond donors (Lipinski definition) is 0. The predicted molar refractivity (Wildman–Crippen MR) is 108 cm³/mol. The molecule has 0 radical (unpaired) electrons. The van der Waals surface area contributed by atoms with Gasteiger partial charge in [-0.2, -0.15) is 0 Å². The molecule has 4 rings (SSSR count). The summed E-state index contributed by atoms with van der Waals surface area (Å²) in [5.41, 5.74) is 2.25. The number of para-hydroxylation sites is 1. The van der Waals surface area contributed by atoms with Crippen molar-refractivity contribution < 1.29 is 14.6 Å². The van der Waals surface area contributed by atoms with Crippen LogP contribution in [0.2, 0.25) is 0 Å². The Morgan fingerprint density at radius 2 is 2.10 bits per heavy atom. The Hall–Kier alpha value is -3.26. The van der Waals surface area contributed by atoms with Crippen LogP contribution < -0.4 is 14.7 Å². The van der Waals surface area contributed by atoms with E-state index in [1.165, 1.54) is 11.8 Å². The molecule has 1 amide bonds. The summed E-state index contributed by atoms with van der Waals surface area (Å²) in [6.45, 7) is 5.51. The van der Waals surface area contributed by atoms with Crippen LogP contribution in [0.1, 0.15) is 25.2 Å². The van der Waals surface area contributed by atoms with Gasteiger partial charge in [-0.3, -0.25) is 9.78 Å². The fourth-order valence-corrected chi connectivity index (χ4v) is 3.93. The molecule has 1 aliphatic heterocycles. The van der Waals surface area contributed by atoms with E-state index in [2.05, 4.69) is 21.6 Å². The third kappa shape index (κ3) is 3.36. The number of pyridine rings is 1. The van der Waals surface area contributed by atoms with E-state index in [1.807, 2.05) is 49.4 Å². The minimum absolute atomic E-state index is 0.0855. The first-order valence-electron chi connectivity index (χ1n) is 9.22. The Kier molecular flexibility index (Phi) is 5.26. The van der Waals surface area contributed by atoms with Crippen molar-refractivity contribution >= 4 is 23.4 Å². The second-order valence-electron chi connectivity index (χ2n) is 6.36. The van der Waals surface area contributed by atoms with Gasteiger partial charge < -0.3 is 5.11 Å². The Morgan fingerprint density at radius 3 is 2.83 bits per heavy atom. The molecule has 7 nitrogen and oxygen atoms in total. The predicted octanol–water partition coefficient (Wildman–Crippen LogP) is 2.48. The minimum Gasteiger partial charge on any atom is -0.854 e. The highest BCUT2D eigenvalue weighted by Crippen LogP contribution is 2.40. The Labute approximate surface area is 172 Å². The van der Waals surface area contributed by atoms with Crippen LogP contribution in [0.25, 0.3) is 11.3 Å². The molecule has 29 heavy (non-hydrogen) atoms. The van der Waals surface area contributed by atoms with Crippen molar-refractivity contribution in [3.8, 4) is 17.1 Å². The van der Waals surface area contributed by atoms with Crippen LogP contribution in [-0.4, -0.2) is 26.7 Å². The zero-order valence-corrected chi connectivity index (χ0v) is 16.7. The van der Waals surface area contributed by atoms with Crippen molar-refractivity contribution in [2.24, 2.45) is 0 Å². The summed E-state index contributed by atoms with van der Waals surface area (Å²) < 4.78 is 1.58. The molecule has 2 aromatic heterocycles. The molecule has 3 aromatic rings. The topological polar surface area (TPSA) is 85.9 Å². The summed E-state index contributed by atoms with van der Waals surface area (Å²) in [7, 11) is 0. The van der Waals surface area contributed by atoms with E-state index in [9.17, 15) is 9.90 Å². The van der Waals surface area contributed by atoms with Crippen LogP contribution in [-0.2, 0) is 4.79 Å². The number of thioether (sulfide) groups is 1. The molecule has 146 valence electrons. The van der Waals surface area contributed by atoms with E-state index in [1.54, 1.807) is 21.9 Å². The van der Waals surface area contributed by atoms with Gasteiger partial charge in [-0.25, -0.2) is 9.88 Å². The standard InChI is InChI=1S/C21H19N5O2S/c1-3-13-29-21-23-19(28)18-14-9-5-6-11-16(14)25(17(27)4-2)20(26(18)24-21)15-10-7-8-12-22-15/h3,5-12,20H,1,4,13H2,2H3. The summed E-state index contributed by atoms with van der Waals surface area (Å²) in [6, 6.07) is 12.8. The van der Waals surface area contributed by atoms with Gasteiger partial charge in [0.15, 0.2) is 0 Å².